The number of H-pyrrole nitrogens is 1. The van der Waals surface area contributed by atoms with Gasteiger partial charge in [0.1, 0.15) is 0 Å². The van der Waals surface area contributed by atoms with Crippen LogP contribution in [-0.2, 0) is 6.54 Å². The Morgan fingerprint density at radius 3 is 2.74 bits per heavy atom. The van der Waals surface area contributed by atoms with Gasteiger partial charge in [-0.15, -0.1) is 0 Å². The molecule has 0 atom stereocenters. The minimum absolute atomic E-state index is 0.152. The quantitative estimate of drug-likeness (QED) is 0.866. The Labute approximate surface area is 118 Å². The van der Waals surface area contributed by atoms with Crippen molar-refractivity contribution in [3.05, 3.63) is 29.3 Å². The van der Waals surface area contributed by atoms with E-state index in [2.05, 4.69) is 47.4 Å². The summed E-state index contributed by atoms with van der Waals surface area (Å²) in [4.78, 5) is 4.14. The second kappa shape index (κ2) is 5.25. The molecule has 0 fully saturated rings. The fraction of sp³-hybridized carbons (Fsp3) is 0.500. The molecule has 0 saturated carbocycles. The van der Waals surface area contributed by atoms with E-state index >= 15 is 0 Å². The average molecular weight is 276 g/mol. The van der Waals surface area contributed by atoms with Gasteiger partial charge in [-0.3, -0.25) is 14.6 Å². The highest BCUT2D eigenvalue weighted by molar-refractivity contribution is 7.71. The van der Waals surface area contributed by atoms with Crippen LogP contribution in [0, 0.1) is 16.1 Å². The van der Waals surface area contributed by atoms with E-state index in [1.807, 2.05) is 18.3 Å². The van der Waals surface area contributed by atoms with Crippen LogP contribution in [0.15, 0.2) is 24.5 Å². The number of aromatic nitrogens is 4. The van der Waals surface area contributed by atoms with Gasteiger partial charge in [0, 0.05) is 24.5 Å². The van der Waals surface area contributed by atoms with Crippen LogP contribution in [0.4, 0.5) is 0 Å². The molecule has 2 aromatic heterocycles. The molecule has 0 saturated heterocycles. The minimum Gasteiger partial charge on any atom is -0.300 e. The second-order valence-corrected chi connectivity index (χ2v) is 6.21. The molecule has 102 valence electrons. The van der Waals surface area contributed by atoms with Crippen molar-refractivity contribution in [2.24, 2.45) is 11.3 Å². The van der Waals surface area contributed by atoms with Gasteiger partial charge in [-0.05, 0) is 35.7 Å². The maximum absolute atomic E-state index is 5.35. The third-order valence-electron chi connectivity index (χ3n) is 3.81. The maximum Gasteiger partial charge on any atom is 0.195 e. The summed E-state index contributed by atoms with van der Waals surface area (Å²) in [5, 5.41) is 7.22. The molecule has 0 aliphatic heterocycles. The fourth-order valence-corrected chi connectivity index (χ4v) is 1.97. The molecule has 4 nitrogen and oxygen atoms in total. The highest BCUT2D eigenvalue weighted by Gasteiger charge is 2.25. The van der Waals surface area contributed by atoms with Crippen molar-refractivity contribution in [2.75, 3.05) is 0 Å². The summed E-state index contributed by atoms with van der Waals surface area (Å²) >= 11 is 5.35. The van der Waals surface area contributed by atoms with Gasteiger partial charge in [0.2, 0.25) is 0 Å². The summed E-state index contributed by atoms with van der Waals surface area (Å²) in [6.07, 6.45) is 3.57. The van der Waals surface area contributed by atoms with E-state index in [0.717, 1.165) is 17.9 Å². The van der Waals surface area contributed by atoms with Crippen molar-refractivity contribution in [3.63, 3.8) is 0 Å². The standard InChI is InChI=1S/C14H20N4S/c1-10(2)14(3,4)9-18-12(16-17-13(18)19)11-6-5-7-15-8-11/h5-8,10H,9H2,1-4H3,(H,17,19). The molecule has 0 aliphatic rings. The van der Waals surface area contributed by atoms with Crippen LogP contribution in [0.25, 0.3) is 11.4 Å². The molecule has 2 heterocycles. The largest absolute Gasteiger partial charge is 0.300 e. The first-order valence-corrected chi connectivity index (χ1v) is 6.88. The number of rotatable bonds is 4. The van der Waals surface area contributed by atoms with Gasteiger partial charge in [-0.1, -0.05) is 27.7 Å². The van der Waals surface area contributed by atoms with Gasteiger partial charge in [-0.2, -0.15) is 5.10 Å². The second-order valence-electron chi connectivity index (χ2n) is 5.82. The average Bonchev–Trinajstić information content (AvgIpc) is 2.71. The summed E-state index contributed by atoms with van der Waals surface area (Å²) in [6.45, 7) is 9.80. The van der Waals surface area contributed by atoms with E-state index < -0.39 is 0 Å². The van der Waals surface area contributed by atoms with Crippen LogP contribution >= 0.6 is 12.2 Å². The molecule has 0 aliphatic carbocycles. The van der Waals surface area contributed by atoms with Crippen molar-refractivity contribution in [1.82, 2.24) is 19.7 Å². The fourth-order valence-electron chi connectivity index (χ4n) is 1.77. The lowest BCUT2D eigenvalue weighted by atomic mass is 9.81. The lowest BCUT2D eigenvalue weighted by Crippen LogP contribution is -2.26. The number of aromatic amines is 1. The Morgan fingerprint density at radius 1 is 1.42 bits per heavy atom. The third-order valence-corrected chi connectivity index (χ3v) is 4.12. The Morgan fingerprint density at radius 2 is 2.16 bits per heavy atom. The first-order valence-electron chi connectivity index (χ1n) is 6.47. The van der Waals surface area contributed by atoms with Gasteiger partial charge in [0.05, 0.1) is 0 Å². The van der Waals surface area contributed by atoms with Crippen LogP contribution in [0.5, 0.6) is 0 Å². The summed E-state index contributed by atoms with van der Waals surface area (Å²) < 4.78 is 2.72. The molecule has 0 amide bonds. The van der Waals surface area contributed by atoms with Gasteiger partial charge < -0.3 is 0 Å². The molecule has 0 spiro atoms. The zero-order valence-electron chi connectivity index (χ0n) is 11.8. The maximum atomic E-state index is 5.35. The van der Waals surface area contributed by atoms with E-state index in [1.54, 1.807) is 6.20 Å². The van der Waals surface area contributed by atoms with Crippen molar-refractivity contribution in [3.8, 4) is 11.4 Å². The zero-order chi connectivity index (χ0) is 14.0. The van der Waals surface area contributed by atoms with E-state index in [-0.39, 0.29) is 5.41 Å². The van der Waals surface area contributed by atoms with E-state index in [9.17, 15) is 0 Å². The predicted molar refractivity (Wildman–Crippen MR) is 79.3 cm³/mol. The molecule has 5 heteroatoms. The lowest BCUT2D eigenvalue weighted by Gasteiger charge is -2.29. The van der Waals surface area contributed by atoms with Crippen LogP contribution in [-0.4, -0.2) is 19.7 Å². The summed E-state index contributed by atoms with van der Waals surface area (Å²) in [5.41, 5.74) is 1.13. The first kappa shape index (κ1) is 13.9. The van der Waals surface area contributed by atoms with Gasteiger partial charge in [-0.25, -0.2) is 0 Å². The molecule has 0 radical (unpaired) electrons. The zero-order valence-corrected chi connectivity index (χ0v) is 12.7. The topological polar surface area (TPSA) is 46.5 Å². The SMILES string of the molecule is CC(C)C(C)(C)Cn1c(-c2cccnc2)n[nH]c1=S. The van der Waals surface area contributed by atoms with Gasteiger partial charge >= 0.3 is 0 Å². The van der Waals surface area contributed by atoms with Crippen molar-refractivity contribution in [2.45, 2.75) is 34.2 Å². The van der Waals surface area contributed by atoms with Crippen LogP contribution in [0.3, 0.4) is 0 Å². The van der Waals surface area contributed by atoms with Crippen molar-refractivity contribution >= 4 is 12.2 Å². The number of hydrogen-bond donors (Lipinski definition) is 1. The monoisotopic (exact) mass is 276 g/mol. The van der Waals surface area contributed by atoms with E-state index in [4.69, 9.17) is 12.2 Å². The van der Waals surface area contributed by atoms with Crippen LogP contribution in [0.2, 0.25) is 0 Å². The highest BCUT2D eigenvalue weighted by Crippen LogP contribution is 2.30. The molecular weight excluding hydrogens is 256 g/mol. The van der Waals surface area contributed by atoms with E-state index in [0.29, 0.717) is 10.7 Å². The Kier molecular flexibility index (Phi) is 3.85. The van der Waals surface area contributed by atoms with Crippen molar-refractivity contribution < 1.29 is 0 Å². The molecule has 2 rings (SSSR count). The molecule has 2 aromatic rings. The molecule has 1 N–H and O–H groups in total. The third kappa shape index (κ3) is 2.92. The lowest BCUT2D eigenvalue weighted by molar-refractivity contribution is 0.210. The first-order chi connectivity index (χ1) is 8.92. The Bertz CT molecular complexity index is 595. The summed E-state index contributed by atoms with van der Waals surface area (Å²) in [7, 11) is 0. The van der Waals surface area contributed by atoms with Gasteiger partial charge in [0.25, 0.3) is 0 Å². The number of pyridine rings is 1. The summed E-state index contributed by atoms with van der Waals surface area (Å²) in [6, 6.07) is 3.90. The van der Waals surface area contributed by atoms with Crippen LogP contribution < -0.4 is 0 Å². The molecular formula is C14H20N4S. The summed E-state index contributed by atoms with van der Waals surface area (Å²) in [5.74, 6) is 1.41. The molecule has 0 bridgehead atoms. The number of nitrogens with one attached hydrogen (secondary N) is 1. The Balaban J connectivity index is 2.42. The number of hydrogen-bond acceptors (Lipinski definition) is 3. The molecule has 0 aromatic carbocycles. The molecule has 0 unspecified atom stereocenters. The van der Waals surface area contributed by atoms with Crippen molar-refractivity contribution in [1.29, 1.82) is 0 Å². The Hall–Kier alpha value is -1.49. The van der Waals surface area contributed by atoms with E-state index in [1.165, 1.54) is 0 Å². The molecule has 19 heavy (non-hydrogen) atoms. The normalized spacial score (nSPS) is 12.1. The number of nitrogens with zero attached hydrogens (tertiary/aromatic N) is 3. The minimum atomic E-state index is 0.152. The van der Waals surface area contributed by atoms with Crippen LogP contribution in [0.1, 0.15) is 27.7 Å². The predicted octanol–water partition coefficient (Wildman–Crippen LogP) is 3.68. The highest BCUT2D eigenvalue weighted by atomic mass is 32.1. The van der Waals surface area contributed by atoms with Gasteiger partial charge in [0.15, 0.2) is 10.6 Å². The smallest absolute Gasteiger partial charge is 0.195 e.